The zero-order valence-corrected chi connectivity index (χ0v) is 12.0. The van der Waals surface area contributed by atoms with Crippen molar-refractivity contribution >= 4 is 16.6 Å². The van der Waals surface area contributed by atoms with Gasteiger partial charge in [-0.3, -0.25) is 4.79 Å². The molecule has 0 N–H and O–H groups in total. The molecule has 1 aliphatic rings. The highest BCUT2D eigenvalue weighted by Gasteiger charge is 2.29. The molecule has 2 aromatic rings. The van der Waals surface area contributed by atoms with Crippen molar-refractivity contribution in [2.24, 2.45) is 5.92 Å². The van der Waals surface area contributed by atoms with E-state index in [9.17, 15) is 4.79 Å². The number of aryl methyl sites for hydroxylation is 1. The van der Waals surface area contributed by atoms with Gasteiger partial charge in [0.15, 0.2) is 5.78 Å². The van der Waals surface area contributed by atoms with Crippen LogP contribution in [0.1, 0.15) is 22.3 Å². The van der Waals surface area contributed by atoms with E-state index in [-0.39, 0.29) is 5.78 Å². The lowest BCUT2D eigenvalue weighted by atomic mass is 9.81. The Morgan fingerprint density at radius 2 is 2.00 bits per heavy atom. The molecule has 2 aromatic carbocycles. The number of benzene rings is 2. The maximum Gasteiger partial charge on any atom is 0.180 e. The van der Waals surface area contributed by atoms with E-state index in [4.69, 9.17) is 14.7 Å². The first kappa shape index (κ1) is 13.4. The van der Waals surface area contributed by atoms with Crippen LogP contribution in [0.2, 0.25) is 0 Å². The molecule has 0 radical (unpaired) electrons. The molecule has 0 amide bonds. The van der Waals surface area contributed by atoms with Gasteiger partial charge in [-0.25, -0.2) is 0 Å². The molecule has 0 saturated carbocycles. The highest BCUT2D eigenvalue weighted by Crippen LogP contribution is 2.38. The van der Waals surface area contributed by atoms with E-state index >= 15 is 0 Å². The highest BCUT2D eigenvalue weighted by molar-refractivity contribution is 6.07. The van der Waals surface area contributed by atoms with Crippen molar-refractivity contribution in [3.05, 3.63) is 35.4 Å². The summed E-state index contributed by atoms with van der Waals surface area (Å²) in [6, 6.07) is 9.58. The average Bonchev–Trinajstić information content (AvgIpc) is 2.54. The molecule has 106 valence electrons. The third-order valence-corrected chi connectivity index (χ3v) is 4.06. The van der Waals surface area contributed by atoms with Gasteiger partial charge in [0, 0.05) is 10.9 Å². The topological polar surface area (TPSA) is 59.3 Å². The number of nitrogens with zero attached hydrogens (tertiary/aromatic N) is 1. The molecule has 0 bridgehead atoms. The number of hydrogen-bond acceptors (Lipinski definition) is 4. The molecule has 0 spiro atoms. The monoisotopic (exact) mass is 281 g/mol. The highest BCUT2D eigenvalue weighted by atomic mass is 16.5. The molecule has 0 aliphatic heterocycles. The maximum absolute atomic E-state index is 12.4. The van der Waals surface area contributed by atoms with E-state index in [0.717, 1.165) is 28.5 Å². The number of carbonyl (C=O) groups excluding carboxylic acids is 1. The third kappa shape index (κ3) is 2.02. The molecular weight excluding hydrogens is 266 g/mol. The number of ether oxygens (including phenoxy) is 2. The van der Waals surface area contributed by atoms with E-state index in [0.29, 0.717) is 17.7 Å². The fourth-order valence-corrected chi connectivity index (χ4v) is 2.95. The second-order valence-corrected chi connectivity index (χ2v) is 5.10. The van der Waals surface area contributed by atoms with Crippen molar-refractivity contribution < 1.29 is 14.3 Å². The smallest absolute Gasteiger partial charge is 0.180 e. The fourth-order valence-electron chi connectivity index (χ4n) is 2.95. The summed E-state index contributed by atoms with van der Waals surface area (Å²) in [5.74, 6) is 0.736. The SMILES string of the molecule is COc1ccc2c3c(cc(OC)c2c1)C(=O)C(C#N)CC3. The van der Waals surface area contributed by atoms with Crippen molar-refractivity contribution in [2.45, 2.75) is 12.8 Å². The Kier molecular flexibility index (Phi) is 3.26. The van der Waals surface area contributed by atoms with Crippen LogP contribution in [-0.2, 0) is 6.42 Å². The van der Waals surface area contributed by atoms with Gasteiger partial charge in [0.1, 0.15) is 17.4 Å². The summed E-state index contributed by atoms with van der Waals surface area (Å²) in [5.41, 5.74) is 1.62. The van der Waals surface area contributed by atoms with Gasteiger partial charge >= 0.3 is 0 Å². The molecule has 0 saturated heterocycles. The zero-order chi connectivity index (χ0) is 15.0. The number of ketones is 1. The Morgan fingerprint density at radius 1 is 1.19 bits per heavy atom. The molecule has 0 heterocycles. The van der Waals surface area contributed by atoms with Crippen LogP contribution in [0.3, 0.4) is 0 Å². The Hall–Kier alpha value is -2.54. The largest absolute Gasteiger partial charge is 0.497 e. The molecule has 3 rings (SSSR count). The van der Waals surface area contributed by atoms with E-state index in [1.807, 2.05) is 18.2 Å². The Labute approximate surface area is 122 Å². The van der Waals surface area contributed by atoms with Crippen molar-refractivity contribution in [3.8, 4) is 17.6 Å². The number of fused-ring (bicyclic) bond motifs is 3. The lowest BCUT2D eigenvalue weighted by Crippen LogP contribution is -2.21. The summed E-state index contributed by atoms with van der Waals surface area (Å²) in [4.78, 5) is 12.4. The van der Waals surface area contributed by atoms with Crippen LogP contribution in [0, 0.1) is 17.2 Å². The molecule has 4 nitrogen and oxygen atoms in total. The predicted molar refractivity (Wildman–Crippen MR) is 78.8 cm³/mol. The van der Waals surface area contributed by atoms with Crippen LogP contribution in [0.15, 0.2) is 24.3 Å². The molecule has 0 aromatic heterocycles. The zero-order valence-electron chi connectivity index (χ0n) is 12.0. The van der Waals surface area contributed by atoms with Crippen LogP contribution in [-0.4, -0.2) is 20.0 Å². The van der Waals surface area contributed by atoms with Gasteiger partial charge in [0.05, 0.1) is 20.3 Å². The first-order valence-corrected chi connectivity index (χ1v) is 6.81. The number of methoxy groups -OCH3 is 2. The van der Waals surface area contributed by atoms with E-state index in [1.165, 1.54) is 0 Å². The summed E-state index contributed by atoms with van der Waals surface area (Å²) < 4.78 is 10.7. The minimum absolute atomic E-state index is 0.102. The Morgan fingerprint density at radius 3 is 2.67 bits per heavy atom. The number of nitriles is 1. The average molecular weight is 281 g/mol. The first-order valence-electron chi connectivity index (χ1n) is 6.81. The normalized spacial score (nSPS) is 17.2. The van der Waals surface area contributed by atoms with E-state index < -0.39 is 5.92 Å². The molecule has 1 atom stereocenters. The van der Waals surface area contributed by atoms with Gasteiger partial charge in [0.2, 0.25) is 0 Å². The van der Waals surface area contributed by atoms with E-state index in [1.54, 1.807) is 20.3 Å². The van der Waals surface area contributed by atoms with Gasteiger partial charge in [-0.05, 0) is 42.0 Å². The number of Topliss-reactive ketones (excluding diaryl/α,β-unsaturated/α-hetero) is 1. The Bertz CT molecular complexity index is 774. The summed E-state index contributed by atoms with van der Waals surface area (Å²) in [6.45, 7) is 0. The van der Waals surface area contributed by atoms with Crippen molar-refractivity contribution in [3.63, 3.8) is 0 Å². The molecule has 1 aliphatic carbocycles. The van der Waals surface area contributed by atoms with Crippen LogP contribution in [0.5, 0.6) is 11.5 Å². The van der Waals surface area contributed by atoms with Crippen LogP contribution in [0.4, 0.5) is 0 Å². The minimum Gasteiger partial charge on any atom is -0.497 e. The lowest BCUT2D eigenvalue weighted by Gasteiger charge is -2.22. The Balaban J connectivity index is 2.30. The maximum atomic E-state index is 12.4. The molecule has 4 heteroatoms. The predicted octanol–water partition coefficient (Wildman–Crippen LogP) is 3.13. The second-order valence-electron chi connectivity index (χ2n) is 5.10. The van der Waals surface area contributed by atoms with E-state index in [2.05, 4.69) is 6.07 Å². The summed E-state index contributed by atoms with van der Waals surface area (Å²) >= 11 is 0. The number of hydrogen-bond donors (Lipinski definition) is 0. The molecular formula is C17H15NO3. The first-order chi connectivity index (χ1) is 10.2. The van der Waals surface area contributed by atoms with Gasteiger partial charge in [-0.15, -0.1) is 0 Å². The summed E-state index contributed by atoms with van der Waals surface area (Å²) in [5, 5.41) is 11.0. The number of carbonyl (C=O) groups is 1. The van der Waals surface area contributed by atoms with Crippen LogP contribution in [0.25, 0.3) is 10.8 Å². The van der Waals surface area contributed by atoms with Crippen molar-refractivity contribution in [1.82, 2.24) is 0 Å². The van der Waals surface area contributed by atoms with Crippen molar-refractivity contribution in [2.75, 3.05) is 14.2 Å². The quantitative estimate of drug-likeness (QED) is 0.848. The van der Waals surface area contributed by atoms with Gasteiger partial charge < -0.3 is 9.47 Å². The third-order valence-electron chi connectivity index (χ3n) is 4.06. The van der Waals surface area contributed by atoms with Crippen LogP contribution >= 0.6 is 0 Å². The van der Waals surface area contributed by atoms with Crippen molar-refractivity contribution in [1.29, 1.82) is 5.26 Å². The van der Waals surface area contributed by atoms with Gasteiger partial charge in [0.25, 0.3) is 0 Å². The summed E-state index contributed by atoms with van der Waals surface area (Å²) in [6.07, 6.45) is 1.31. The molecule has 1 unspecified atom stereocenters. The standard InChI is InChI=1S/C17H15NO3/c1-20-11-4-6-12-13-5-3-10(9-18)17(19)15(13)8-16(21-2)14(12)7-11/h4,6-8,10H,3,5H2,1-2H3. The van der Waals surface area contributed by atoms with Gasteiger partial charge in [-0.1, -0.05) is 6.07 Å². The lowest BCUT2D eigenvalue weighted by molar-refractivity contribution is 0.0934. The van der Waals surface area contributed by atoms with Crippen LogP contribution < -0.4 is 9.47 Å². The number of rotatable bonds is 2. The molecule has 21 heavy (non-hydrogen) atoms. The van der Waals surface area contributed by atoms with Gasteiger partial charge in [-0.2, -0.15) is 5.26 Å². The minimum atomic E-state index is -0.544. The fraction of sp³-hybridized carbons (Fsp3) is 0.294. The summed E-state index contributed by atoms with van der Waals surface area (Å²) in [7, 11) is 3.20. The second kappa shape index (κ2) is 5.10. The molecule has 0 fully saturated rings.